The lowest BCUT2D eigenvalue weighted by atomic mass is 9.97. The molecule has 1 aliphatic rings. The molecule has 0 amide bonds. The fraction of sp³-hybridized carbons (Fsp3) is 1.00. The van der Waals surface area contributed by atoms with Gasteiger partial charge in [-0.3, -0.25) is 4.90 Å². The number of nitrogens with zero attached hydrogens (tertiary/aromatic N) is 1. The van der Waals surface area contributed by atoms with Crippen LogP contribution in [0.25, 0.3) is 0 Å². The standard InChI is InChI=1S/C13H28N2OS/c1-3-17-8-6-13(9-14)15-7-4-5-12(10-15)11-16-2/h12-13H,3-11,14H2,1-2H3. The van der Waals surface area contributed by atoms with Crippen LogP contribution in [0.15, 0.2) is 0 Å². The van der Waals surface area contributed by atoms with Gasteiger partial charge in [-0.25, -0.2) is 0 Å². The van der Waals surface area contributed by atoms with Crippen LogP contribution in [0.3, 0.4) is 0 Å². The summed E-state index contributed by atoms with van der Waals surface area (Å²) in [4.78, 5) is 2.59. The van der Waals surface area contributed by atoms with E-state index in [1.807, 2.05) is 11.8 Å². The van der Waals surface area contributed by atoms with E-state index in [4.69, 9.17) is 10.5 Å². The number of methoxy groups -OCH3 is 1. The molecular weight excluding hydrogens is 232 g/mol. The lowest BCUT2D eigenvalue weighted by molar-refractivity contribution is 0.0692. The van der Waals surface area contributed by atoms with E-state index >= 15 is 0 Å². The highest BCUT2D eigenvalue weighted by Crippen LogP contribution is 2.20. The van der Waals surface area contributed by atoms with Crippen molar-refractivity contribution in [3.05, 3.63) is 0 Å². The molecule has 17 heavy (non-hydrogen) atoms. The summed E-state index contributed by atoms with van der Waals surface area (Å²) in [6.45, 7) is 6.31. The number of hydrogen-bond donors (Lipinski definition) is 1. The third kappa shape index (κ3) is 5.60. The van der Waals surface area contributed by atoms with Crippen molar-refractivity contribution in [1.82, 2.24) is 4.90 Å². The SMILES string of the molecule is CCSCCC(CN)N1CCCC(COC)C1. The minimum absolute atomic E-state index is 0.578. The number of piperidine rings is 1. The van der Waals surface area contributed by atoms with Gasteiger partial charge in [0.15, 0.2) is 0 Å². The van der Waals surface area contributed by atoms with Crippen LogP contribution in [-0.4, -0.2) is 55.8 Å². The fourth-order valence-corrected chi connectivity index (χ4v) is 3.34. The molecule has 1 fully saturated rings. The second kappa shape index (κ2) is 9.20. The molecule has 1 aliphatic heterocycles. The number of rotatable bonds is 8. The molecule has 0 aromatic heterocycles. The number of likely N-dealkylation sites (tertiary alicyclic amines) is 1. The monoisotopic (exact) mass is 260 g/mol. The lowest BCUT2D eigenvalue weighted by Crippen LogP contribution is -2.47. The van der Waals surface area contributed by atoms with Gasteiger partial charge in [0.2, 0.25) is 0 Å². The Hall–Kier alpha value is 0.230. The molecule has 1 rings (SSSR count). The zero-order chi connectivity index (χ0) is 12.5. The summed E-state index contributed by atoms with van der Waals surface area (Å²) in [5.41, 5.74) is 5.92. The highest BCUT2D eigenvalue weighted by atomic mass is 32.2. The van der Waals surface area contributed by atoms with Gasteiger partial charge >= 0.3 is 0 Å². The fourth-order valence-electron chi connectivity index (χ4n) is 2.61. The van der Waals surface area contributed by atoms with Crippen molar-refractivity contribution in [3.8, 4) is 0 Å². The van der Waals surface area contributed by atoms with Crippen LogP contribution >= 0.6 is 11.8 Å². The smallest absolute Gasteiger partial charge is 0.0502 e. The van der Waals surface area contributed by atoms with E-state index in [0.717, 1.165) is 13.2 Å². The minimum atomic E-state index is 0.578. The predicted molar refractivity (Wildman–Crippen MR) is 76.6 cm³/mol. The predicted octanol–water partition coefficient (Wildman–Crippen LogP) is 1.82. The molecule has 0 aromatic rings. The maximum Gasteiger partial charge on any atom is 0.0502 e. The summed E-state index contributed by atoms with van der Waals surface area (Å²) in [5, 5.41) is 0. The normalized spacial score (nSPS) is 23.8. The van der Waals surface area contributed by atoms with Crippen LogP contribution in [0.4, 0.5) is 0 Å². The molecule has 2 unspecified atom stereocenters. The Morgan fingerprint density at radius 1 is 1.53 bits per heavy atom. The largest absolute Gasteiger partial charge is 0.384 e. The molecule has 1 saturated heterocycles. The third-order valence-corrected chi connectivity index (χ3v) is 4.47. The first kappa shape index (κ1) is 15.3. The van der Waals surface area contributed by atoms with Crippen molar-refractivity contribution in [2.45, 2.75) is 32.2 Å². The Bertz CT molecular complexity index is 190. The zero-order valence-electron chi connectivity index (χ0n) is 11.4. The van der Waals surface area contributed by atoms with E-state index in [1.165, 1.54) is 43.9 Å². The molecule has 1 heterocycles. The number of thioether (sulfide) groups is 1. The van der Waals surface area contributed by atoms with E-state index in [2.05, 4.69) is 11.8 Å². The first-order valence-electron chi connectivity index (χ1n) is 6.82. The maximum atomic E-state index is 5.92. The molecule has 0 aromatic carbocycles. The topological polar surface area (TPSA) is 38.5 Å². The average molecular weight is 260 g/mol. The minimum Gasteiger partial charge on any atom is -0.384 e. The van der Waals surface area contributed by atoms with E-state index in [0.29, 0.717) is 12.0 Å². The highest BCUT2D eigenvalue weighted by Gasteiger charge is 2.24. The Morgan fingerprint density at radius 3 is 3.00 bits per heavy atom. The molecule has 2 N–H and O–H groups in total. The van der Waals surface area contributed by atoms with Crippen molar-refractivity contribution in [2.24, 2.45) is 11.7 Å². The molecule has 3 nitrogen and oxygen atoms in total. The van der Waals surface area contributed by atoms with Gasteiger partial charge < -0.3 is 10.5 Å². The molecule has 0 radical (unpaired) electrons. The Labute approximate surface area is 110 Å². The van der Waals surface area contributed by atoms with Crippen LogP contribution in [0, 0.1) is 5.92 Å². The Balaban J connectivity index is 2.33. The maximum absolute atomic E-state index is 5.92. The summed E-state index contributed by atoms with van der Waals surface area (Å²) in [6.07, 6.45) is 3.84. The first-order chi connectivity index (χ1) is 8.31. The van der Waals surface area contributed by atoms with E-state index in [-0.39, 0.29) is 0 Å². The molecule has 2 atom stereocenters. The Morgan fingerprint density at radius 2 is 2.35 bits per heavy atom. The van der Waals surface area contributed by atoms with Gasteiger partial charge in [-0.05, 0) is 43.2 Å². The third-order valence-electron chi connectivity index (χ3n) is 3.54. The molecule has 0 saturated carbocycles. The van der Waals surface area contributed by atoms with Gasteiger partial charge in [-0.1, -0.05) is 6.92 Å². The summed E-state index contributed by atoms with van der Waals surface area (Å²) < 4.78 is 5.28. The quantitative estimate of drug-likeness (QED) is 0.676. The molecule has 4 heteroatoms. The van der Waals surface area contributed by atoms with Gasteiger partial charge in [0.1, 0.15) is 0 Å². The average Bonchev–Trinajstić information content (AvgIpc) is 2.35. The van der Waals surface area contributed by atoms with Gasteiger partial charge in [0.25, 0.3) is 0 Å². The van der Waals surface area contributed by atoms with Crippen LogP contribution in [0.1, 0.15) is 26.2 Å². The van der Waals surface area contributed by atoms with Gasteiger partial charge in [0, 0.05) is 26.2 Å². The molecular formula is C13H28N2OS. The molecule has 0 aliphatic carbocycles. The number of ether oxygens (including phenoxy) is 1. The highest BCUT2D eigenvalue weighted by molar-refractivity contribution is 7.99. The second-order valence-corrected chi connectivity index (χ2v) is 6.23. The van der Waals surface area contributed by atoms with Crippen molar-refractivity contribution in [1.29, 1.82) is 0 Å². The van der Waals surface area contributed by atoms with Crippen molar-refractivity contribution in [2.75, 3.05) is 44.9 Å². The van der Waals surface area contributed by atoms with Crippen molar-refractivity contribution >= 4 is 11.8 Å². The van der Waals surface area contributed by atoms with E-state index < -0.39 is 0 Å². The van der Waals surface area contributed by atoms with Crippen LogP contribution in [0.2, 0.25) is 0 Å². The van der Waals surface area contributed by atoms with Crippen molar-refractivity contribution < 1.29 is 4.74 Å². The zero-order valence-corrected chi connectivity index (χ0v) is 12.2. The number of hydrogen-bond acceptors (Lipinski definition) is 4. The van der Waals surface area contributed by atoms with Gasteiger partial charge in [-0.15, -0.1) is 0 Å². The number of nitrogens with two attached hydrogens (primary N) is 1. The van der Waals surface area contributed by atoms with Gasteiger partial charge in [-0.2, -0.15) is 11.8 Å². The molecule has 102 valence electrons. The first-order valence-corrected chi connectivity index (χ1v) is 7.98. The lowest BCUT2D eigenvalue weighted by Gasteiger charge is -2.37. The van der Waals surface area contributed by atoms with E-state index in [9.17, 15) is 0 Å². The second-order valence-electron chi connectivity index (χ2n) is 4.83. The summed E-state index contributed by atoms with van der Waals surface area (Å²) in [5.74, 6) is 3.16. The van der Waals surface area contributed by atoms with Crippen molar-refractivity contribution in [3.63, 3.8) is 0 Å². The molecule has 0 spiro atoms. The van der Waals surface area contributed by atoms with Crippen LogP contribution in [0.5, 0.6) is 0 Å². The molecule has 0 bridgehead atoms. The van der Waals surface area contributed by atoms with E-state index in [1.54, 1.807) is 7.11 Å². The summed E-state index contributed by atoms with van der Waals surface area (Å²) in [6, 6.07) is 0.578. The van der Waals surface area contributed by atoms with Gasteiger partial charge in [0.05, 0.1) is 6.61 Å². The Kier molecular flexibility index (Phi) is 8.27. The summed E-state index contributed by atoms with van der Waals surface area (Å²) >= 11 is 2.02. The summed E-state index contributed by atoms with van der Waals surface area (Å²) in [7, 11) is 1.80. The van der Waals surface area contributed by atoms with Crippen LogP contribution < -0.4 is 5.73 Å². The van der Waals surface area contributed by atoms with Crippen LogP contribution in [-0.2, 0) is 4.74 Å².